The fraction of sp³-hybridized carbons (Fsp3) is 0.158. The summed E-state index contributed by atoms with van der Waals surface area (Å²) in [6.45, 7) is -3.04. The number of nitrogens with zero attached hydrogens (tertiary/aromatic N) is 1. The Bertz CT molecular complexity index is 892. The summed E-state index contributed by atoms with van der Waals surface area (Å²) in [7, 11) is 2.80. The van der Waals surface area contributed by atoms with Gasteiger partial charge in [-0.3, -0.25) is 4.79 Å². The Balaban J connectivity index is 2.26. The number of halogens is 2. The van der Waals surface area contributed by atoms with E-state index in [-0.39, 0.29) is 17.1 Å². The maximum atomic E-state index is 12.5. The molecule has 0 aromatic heterocycles. The average molecular weight is 374 g/mol. The van der Waals surface area contributed by atoms with Gasteiger partial charge in [0.2, 0.25) is 0 Å². The molecule has 0 bridgehead atoms. The predicted molar refractivity (Wildman–Crippen MR) is 94.8 cm³/mol. The molecule has 27 heavy (non-hydrogen) atoms. The summed E-state index contributed by atoms with van der Waals surface area (Å²) in [4.78, 5) is 12.3. The molecule has 0 saturated heterocycles. The van der Waals surface area contributed by atoms with E-state index in [4.69, 9.17) is 9.47 Å². The number of hydrogen-bond acceptors (Lipinski definition) is 5. The standard InChI is InChI=1S/C19H16F2N2O4/c1-25-15-5-3-4-14(10-15)23-18(24)13(11-22)8-12-6-7-16(26-2)17(9-12)27-19(20)21/h3-10,19H,1-2H3,(H,23,24)/b13-8+. The molecule has 0 aliphatic carbocycles. The van der Waals surface area contributed by atoms with Gasteiger partial charge in [-0.05, 0) is 35.9 Å². The second-order valence-electron chi connectivity index (χ2n) is 5.14. The van der Waals surface area contributed by atoms with Crippen molar-refractivity contribution in [2.75, 3.05) is 19.5 Å². The van der Waals surface area contributed by atoms with E-state index in [9.17, 15) is 18.8 Å². The van der Waals surface area contributed by atoms with Crippen molar-refractivity contribution >= 4 is 17.7 Å². The van der Waals surface area contributed by atoms with Gasteiger partial charge in [0.15, 0.2) is 11.5 Å². The van der Waals surface area contributed by atoms with Crippen LogP contribution in [0.3, 0.4) is 0 Å². The van der Waals surface area contributed by atoms with Crippen LogP contribution in [0.2, 0.25) is 0 Å². The smallest absolute Gasteiger partial charge is 0.387 e. The lowest BCUT2D eigenvalue weighted by atomic mass is 10.1. The Hall–Kier alpha value is -3.60. The molecule has 0 heterocycles. The number of nitriles is 1. The first-order valence-electron chi connectivity index (χ1n) is 7.67. The van der Waals surface area contributed by atoms with E-state index in [1.807, 2.05) is 0 Å². The minimum atomic E-state index is -3.04. The van der Waals surface area contributed by atoms with E-state index < -0.39 is 12.5 Å². The quantitative estimate of drug-likeness (QED) is 0.588. The zero-order chi connectivity index (χ0) is 19.8. The number of carbonyl (C=O) groups is 1. The van der Waals surface area contributed by atoms with Gasteiger partial charge in [0, 0.05) is 11.8 Å². The number of rotatable bonds is 7. The lowest BCUT2D eigenvalue weighted by Gasteiger charge is -2.10. The number of methoxy groups -OCH3 is 2. The topological polar surface area (TPSA) is 80.6 Å². The molecule has 0 atom stereocenters. The number of amides is 1. The van der Waals surface area contributed by atoms with Gasteiger partial charge in [-0.2, -0.15) is 14.0 Å². The van der Waals surface area contributed by atoms with Gasteiger partial charge in [-0.1, -0.05) is 12.1 Å². The number of alkyl halides is 2. The minimum Gasteiger partial charge on any atom is -0.497 e. The Labute approximate surface area is 154 Å². The average Bonchev–Trinajstić information content (AvgIpc) is 2.65. The molecule has 0 unspecified atom stereocenters. The number of ether oxygens (including phenoxy) is 3. The van der Waals surface area contributed by atoms with Crippen LogP contribution >= 0.6 is 0 Å². The van der Waals surface area contributed by atoms with Crippen LogP contribution < -0.4 is 19.5 Å². The Morgan fingerprint density at radius 2 is 1.93 bits per heavy atom. The second-order valence-corrected chi connectivity index (χ2v) is 5.14. The molecule has 0 saturated carbocycles. The van der Waals surface area contributed by atoms with E-state index in [0.29, 0.717) is 17.0 Å². The van der Waals surface area contributed by atoms with Crippen molar-refractivity contribution in [2.24, 2.45) is 0 Å². The lowest BCUT2D eigenvalue weighted by Crippen LogP contribution is -2.13. The third-order valence-electron chi connectivity index (χ3n) is 3.41. The number of benzene rings is 2. The van der Waals surface area contributed by atoms with Crippen LogP contribution in [0.15, 0.2) is 48.0 Å². The molecular formula is C19H16F2N2O4. The fourth-order valence-electron chi connectivity index (χ4n) is 2.19. The molecule has 2 aromatic rings. The van der Waals surface area contributed by atoms with Crippen LogP contribution in [0.5, 0.6) is 17.2 Å². The van der Waals surface area contributed by atoms with Crippen LogP contribution in [0.4, 0.5) is 14.5 Å². The fourth-order valence-corrected chi connectivity index (χ4v) is 2.19. The molecule has 2 aromatic carbocycles. The molecule has 140 valence electrons. The molecule has 0 radical (unpaired) electrons. The van der Waals surface area contributed by atoms with E-state index >= 15 is 0 Å². The molecular weight excluding hydrogens is 358 g/mol. The Morgan fingerprint density at radius 1 is 1.15 bits per heavy atom. The molecule has 0 aliphatic rings. The number of carbonyl (C=O) groups excluding carboxylic acids is 1. The highest BCUT2D eigenvalue weighted by Gasteiger charge is 2.13. The second kappa shape index (κ2) is 9.20. The van der Waals surface area contributed by atoms with Crippen LogP contribution in [0.25, 0.3) is 6.08 Å². The molecule has 1 amide bonds. The van der Waals surface area contributed by atoms with Crippen molar-refractivity contribution in [3.63, 3.8) is 0 Å². The SMILES string of the molecule is COc1cccc(NC(=O)/C(C#N)=C/c2ccc(OC)c(OC(F)F)c2)c1. The molecule has 2 rings (SSSR count). The van der Waals surface area contributed by atoms with E-state index in [1.165, 1.54) is 38.5 Å². The van der Waals surface area contributed by atoms with Crippen molar-refractivity contribution in [3.05, 3.63) is 53.6 Å². The highest BCUT2D eigenvalue weighted by Crippen LogP contribution is 2.30. The summed E-state index contributed by atoms with van der Waals surface area (Å²) in [6.07, 6.45) is 1.26. The van der Waals surface area contributed by atoms with Crippen LogP contribution in [0.1, 0.15) is 5.56 Å². The zero-order valence-electron chi connectivity index (χ0n) is 14.5. The Kier molecular flexibility index (Phi) is 6.72. The predicted octanol–water partition coefficient (Wildman–Crippen LogP) is 3.85. The first kappa shape index (κ1) is 19.7. The van der Waals surface area contributed by atoms with E-state index in [1.54, 1.807) is 30.3 Å². The molecule has 8 heteroatoms. The maximum Gasteiger partial charge on any atom is 0.387 e. The van der Waals surface area contributed by atoms with Crippen LogP contribution in [-0.4, -0.2) is 26.7 Å². The van der Waals surface area contributed by atoms with Crippen molar-refractivity contribution in [2.45, 2.75) is 6.61 Å². The third kappa shape index (κ3) is 5.44. The first-order chi connectivity index (χ1) is 13.0. The summed E-state index contributed by atoms with van der Waals surface area (Å²) in [5.74, 6) is -0.212. The van der Waals surface area contributed by atoms with Crippen molar-refractivity contribution < 1.29 is 27.8 Å². The normalized spacial score (nSPS) is 10.9. The maximum absolute atomic E-state index is 12.5. The summed E-state index contributed by atoms with van der Waals surface area (Å²) >= 11 is 0. The molecule has 0 aliphatic heterocycles. The van der Waals surface area contributed by atoms with Crippen molar-refractivity contribution in [1.82, 2.24) is 0 Å². The van der Waals surface area contributed by atoms with Crippen molar-refractivity contribution in [3.8, 4) is 23.3 Å². The summed E-state index contributed by atoms with van der Waals surface area (Å²) in [5.41, 5.74) is 0.548. The lowest BCUT2D eigenvalue weighted by molar-refractivity contribution is -0.112. The van der Waals surface area contributed by atoms with Crippen molar-refractivity contribution in [1.29, 1.82) is 5.26 Å². The number of anilines is 1. The van der Waals surface area contributed by atoms with Gasteiger partial charge in [0.05, 0.1) is 14.2 Å². The molecule has 6 nitrogen and oxygen atoms in total. The zero-order valence-corrected chi connectivity index (χ0v) is 14.5. The van der Waals surface area contributed by atoms with E-state index in [0.717, 1.165) is 0 Å². The van der Waals surface area contributed by atoms with E-state index in [2.05, 4.69) is 10.1 Å². The van der Waals surface area contributed by atoms with Gasteiger partial charge in [0.25, 0.3) is 5.91 Å². The number of nitrogens with one attached hydrogen (secondary N) is 1. The highest BCUT2D eigenvalue weighted by atomic mass is 19.3. The van der Waals surface area contributed by atoms with Gasteiger partial charge in [0.1, 0.15) is 17.4 Å². The van der Waals surface area contributed by atoms with Crippen LogP contribution in [-0.2, 0) is 4.79 Å². The number of hydrogen-bond donors (Lipinski definition) is 1. The minimum absolute atomic E-state index is 0.104. The first-order valence-corrected chi connectivity index (χ1v) is 7.67. The monoisotopic (exact) mass is 374 g/mol. The summed E-state index contributed by atoms with van der Waals surface area (Å²) in [6, 6.07) is 12.6. The third-order valence-corrected chi connectivity index (χ3v) is 3.41. The van der Waals surface area contributed by atoms with Gasteiger partial charge < -0.3 is 19.5 Å². The summed E-state index contributed by atoms with van der Waals surface area (Å²) in [5, 5.41) is 11.8. The molecule has 0 fully saturated rings. The Morgan fingerprint density at radius 3 is 2.56 bits per heavy atom. The van der Waals surface area contributed by atoms with Gasteiger partial charge in [-0.15, -0.1) is 0 Å². The summed E-state index contributed by atoms with van der Waals surface area (Å²) < 4.78 is 39.4. The largest absolute Gasteiger partial charge is 0.497 e. The van der Waals surface area contributed by atoms with Crippen LogP contribution in [0, 0.1) is 11.3 Å². The van der Waals surface area contributed by atoms with Gasteiger partial charge >= 0.3 is 6.61 Å². The molecule has 0 spiro atoms. The highest BCUT2D eigenvalue weighted by molar-refractivity contribution is 6.09. The molecule has 1 N–H and O–H groups in total. The van der Waals surface area contributed by atoms with Gasteiger partial charge in [-0.25, -0.2) is 0 Å².